The average Bonchev–Trinajstić information content (AvgIpc) is 3.23. The molecule has 1 aliphatic carbocycles. The van der Waals surface area contributed by atoms with E-state index in [1.54, 1.807) is 0 Å². The number of nitrogens with zero attached hydrogens (tertiary/aromatic N) is 2. The first-order valence-corrected chi connectivity index (χ1v) is 7.66. The molecule has 2 fully saturated rings. The Hall–Kier alpha value is -1.10. The Morgan fingerprint density at radius 1 is 1.40 bits per heavy atom. The molecule has 1 saturated carbocycles. The number of imidazole rings is 1. The van der Waals surface area contributed by atoms with E-state index in [1.165, 1.54) is 18.4 Å². The predicted octanol–water partition coefficient (Wildman–Crippen LogP) is 2.56. The van der Waals surface area contributed by atoms with Gasteiger partial charge < -0.3 is 14.6 Å². The van der Waals surface area contributed by atoms with Crippen LogP contribution in [0.2, 0.25) is 5.02 Å². The van der Waals surface area contributed by atoms with Gasteiger partial charge in [-0.1, -0.05) is 11.6 Å². The standard InChI is InChI=1S/C15H18ClN3O/c16-10-1-4-13-14(7-10)19(12-2-3-12)15(18-13)8-11-9-20-6-5-17-11/h1,4,7,11-12,17H,2-3,5-6,8-9H2. The summed E-state index contributed by atoms with van der Waals surface area (Å²) in [7, 11) is 0. The minimum absolute atomic E-state index is 0.369. The van der Waals surface area contributed by atoms with Gasteiger partial charge in [-0.05, 0) is 31.0 Å². The molecule has 5 heteroatoms. The highest BCUT2D eigenvalue weighted by molar-refractivity contribution is 6.31. The van der Waals surface area contributed by atoms with Crippen molar-refractivity contribution in [2.24, 2.45) is 0 Å². The van der Waals surface area contributed by atoms with Crippen molar-refractivity contribution >= 4 is 22.6 Å². The topological polar surface area (TPSA) is 39.1 Å². The molecule has 2 heterocycles. The molecule has 0 radical (unpaired) electrons. The quantitative estimate of drug-likeness (QED) is 0.945. The summed E-state index contributed by atoms with van der Waals surface area (Å²) in [5, 5.41) is 4.29. The van der Waals surface area contributed by atoms with Gasteiger partial charge in [0.05, 0.1) is 24.2 Å². The van der Waals surface area contributed by atoms with Gasteiger partial charge in [-0.15, -0.1) is 0 Å². The number of ether oxygens (including phenoxy) is 1. The van der Waals surface area contributed by atoms with Crippen LogP contribution in [0.5, 0.6) is 0 Å². The smallest absolute Gasteiger partial charge is 0.111 e. The maximum Gasteiger partial charge on any atom is 0.111 e. The Bertz CT molecular complexity index is 629. The summed E-state index contributed by atoms with van der Waals surface area (Å²) < 4.78 is 7.93. The summed E-state index contributed by atoms with van der Waals surface area (Å²) in [6, 6.07) is 6.95. The molecule has 1 aromatic carbocycles. The molecule has 0 spiro atoms. The molecule has 20 heavy (non-hydrogen) atoms. The van der Waals surface area contributed by atoms with E-state index in [0.29, 0.717) is 12.1 Å². The molecular formula is C15H18ClN3O. The molecule has 4 nitrogen and oxygen atoms in total. The van der Waals surface area contributed by atoms with Gasteiger partial charge in [-0.25, -0.2) is 4.98 Å². The second-order valence-electron chi connectivity index (χ2n) is 5.69. The number of benzene rings is 1. The zero-order valence-electron chi connectivity index (χ0n) is 11.3. The van der Waals surface area contributed by atoms with E-state index in [1.807, 2.05) is 18.2 Å². The summed E-state index contributed by atoms with van der Waals surface area (Å²) >= 11 is 6.14. The van der Waals surface area contributed by atoms with Crippen LogP contribution >= 0.6 is 11.6 Å². The zero-order valence-corrected chi connectivity index (χ0v) is 12.1. The highest BCUT2D eigenvalue weighted by atomic mass is 35.5. The molecule has 1 aromatic heterocycles. The fourth-order valence-corrected chi connectivity index (χ4v) is 3.14. The lowest BCUT2D eigenvalue weighted by molar-refractivity contribution is 0.0761. The monoisotopic (exact) mass is 291 g/mol. The minimum Gasteiger partial charge on any atom is -0.379 e. The first kappa shape index (κ1) is 12.6. The molecule has 1 unspecified atom stereocenters. The van der Waals surface area contributed by atoms with E-state index in [0.717, 1.165) is 42.5 Å². The van der Waals surface area contributed by atoms with Crippen LogP contribution in [-0.2, 0) is 11.2 Å². The third kappa shape index (κ3) is 2.32. The van der Waals surface area contributed by atoms with Crippen LogP contribution in [-0.4, -0.2) is 35.4 Å². The number of aromatic nitrogens is 2. The Morgan fingerprint density at radius 2 is 2.30 bits per heavy atom. The lowest BCUT2D eigenvalue weighted by atomic mass is 10.2. The van der Waals surface area contributed by atoms with Gasteiger partial charge in [-0.2, -0.15) is 0 Å². The molecule has 4 rings (SSSR count). The van der Waals surface area contributed by atoms with E-state index in [-0.39, 0.29) is 0 Å². The minimum atomic E-state index is 0.369. The zero-order chi connectivity index (χ0) is 13.5. The molecule has 106 valence electrons. The van der Waals surface area contributed by atoms with Crippen molar-refractivity contribution in [1.82, 2.24) is 14.9 Å². The first-order chi connectivity index (χ1) is 9.81. The first-order valence-electron chi connectivity index (χ1n) is 7.29. The molecule has 2 aromatic rings. The van der Waals surface area contributed by atoms with Crippen molar-refractivity contribution < 1.29 is 4.74 Å². The number of hydrogen-bond donors (Lipinski definition) is 1. The molecule has 0 amide bonds. The Balaban J connectivity index is 1.72. The number of hydrogen-bond acceptors (Lipinski definition) is 3. The van der Waals surface area contributed by atoms with Crippen molar-refractivity contribution in [2.45, 2.75) is 31.3 Å². The van der Waals surface area contributed by atoms with E-state index >= 15 is 0 Å². The fourth-order valence-electron chi connectivity index (χ4n) is 2.97. The van der Waals surface area contributed by atoms with Gasteiger partial charge in [0.25, 0.3) is 0 Å². The fraction of sp³-hybridized carbons (Fsp3) is 0.533. The van der Waals surface area contributed by atoms with Crippen molar-refractivity contribution in [3.8, 4) is 0 Å². The van der Waals surface area contributed by atoms with Crippen molar-refractivity contribution in [2.75, 3.05) is 19.8 Å². The number of rotatable bonds is 3. The third-order valence-electron chi connectivity index (χ3n) is 4.06. The maximum atomic E-state index is 6.14. The Morgan fingerprint density at radius 3 is 3.05 bits per heavy atom. The average molecular weight is 292 g/mol. The summed E-state index contributed by atoms with van der Waals surface area (Å²) in [5.74, 6) is 1.16. The highest BCUT2D eigenvalue weighted by Gasteiger charge is 2.29. The van der Waals surface area contributed by atoms with Gasteiger partial charge in [0.1, 0.15) is 5.82 Å². The van der Waals surface area contributed by atoms with Crippen LogP contribution in [0.15, 0.2) is 18.2 Å². The molecule has 1 N–H and O–H groups in total. The maximum absolute atomic E-state index is 6.14. The molecular weight excluding hydrogens is 274 g/mol. The van der Waals surface area contributed by atoms with Crippen LogP contribution in [0.3, 0.4) is 0 Å². The number of nitrogens with one attached hydrogen (secondary N) is 1. The largest absolute Gasteiger partial charge is 0.379 e. The molecule has 2 aliphatic rings. The van der Waals surface area contributed by atoms with Gasteiger partial charge >= 0.3 is 0 Å². The van der Waals surface area contributed by atoms with E-state index in [9.17, 15) is 0 Å². The summed E-state index contributed by atoms with van der Waals surface area (Å²) in [5.41, 5.74) is 2.22. The predicted molar refractivity (Wildman–Crippen MR) is 79.3 cm³/mol. The molecule has 1 aliphatic heterocycles. The summed E-state index contributed by atoms with van der Waals surface area (Å²) in [6.07, 6.45) is 3.42. The van der Waals surface area contributed by atoms with Crippen LogP contribution < -0.4 is 5.32 Å². The second-order valence-corrected chi connectivity index (χ2v) is 6.13. The molecule has 0 bridgehead atoms. The van der Waals surface area contributed by atoms with Gasteiger partial charge in [-0.3, -0.25) is 0 Å². The summed E-state index contributed by atoms with van der Waals surface area (Å²) in [6.45, 7) is 2.51. The van der Waals surface area contributed by atoms with Crippen molar-refractivity contribution in [1.29, 1.82) is 0 Å². The van der Waals surface area contributed by atoms with Gasteiger partial charge in [0, 0.05) is 30.1 Å². The SMILES string of the molecule is Clc1ccc2nc(CC3COCCN3)n(C3CC3)c2c1. The van der Waals surface area contributed by atoms with Crippen molar-refractivity contribution in [3.05, 3.63) is 29.0 Å². The highest BCUT2D eigenvalue weighted by Crippen LogP contribution is 2.39. The van der Waals surface area contributed by atoms with Crippen LogP contribution in [0.1, 0.15) is 24.7 Å². The summed E-state index contributed by atoms with van der Waals surface area (Å²) in [4.78, 5) is 4.82. The number of morpholine rings is 1. The normalized spacial score (nSPS) is 23.4. The number of fused-ring (bicyclic) bond motifs is 1. The third-order valence-corrected chi connectivity index (χ3v) is 4.30. The Labute approximate surface area is 123 Å². The molecule has 1 saturated heterocycles. The van der Waals surface area contributed by atoms with E-state index < -0.39 is 0 Å². The second kappa shape index (κ2) is 5.02. The van der Waals surface area contributed by atoms with E-state index in [2.05, 4.69) is 9.88 Å². The van der Waals surface area contributed by atoms with Crippen molar-refractivity contribution in [3.63, 3.8) is 0 Å². The van der Waals surface area contributed by atoms with Crippen LogP contribution in [0, 0.1) is 0 Å². The van der Waals surface area contributed by atoms with Crippen LogP contribution in [0.25, 0.3) is 11.0 Å². The van der Waals surface area contributed by atoms with Crippen LogP contribution in [0.4, 0.5) is 0 Å². The lowest BCUT2D eigenvalue weighted by Gasteiger charge is -2.23. The van der Waals surface area contributed by atoms with E-state index in [4.69, 9.17) is 21.3 Å². The lowest BCUT2D eigenvalue weighted by Crippen LogP contribution is -2.43. The van der Waals surface area contributed by atoms with Gasteiger partial charge in [0.15, 0.2) is 0 Å². The molecule has 1 atom stereocenters. The van der Waals surface area contributed by atoms with Gasteiger partial charge in [0.2, 0.25) is 0 Å². The number of halogens is 1. The Kier molecular flexibility index (Phi) is 3.17.